The summed E-state index contributed by atoms with van der Waals surface area (Å²) in [5.74, 6) is 0.991. The number of aromatic nitrogens is 1. The lowest BCUT2D eigenvalue weighted by Gasteiger charge is -2.39. The van der Waals surface area contributed by atoms with E-state index in [0.717, 1.165) is 55.9 Å². The van der Waals surface area contributed by atoms with E-state index in [1.807, 2.05) is 54.4 Å². The number of likely N-dealkylation sites (N-methyl/N-ethyl adjacent to an activating group) is 1. The minimum atomic E-state index is -0.127. The van der Waals surface area contributed by atoms with Gasteiger partial charge in [0, 0.05) is 25.8 Å². The second-order valence-electron chi connectivity index (χ2n) is 9.08. The van der Waals surface area contributed by atoms with Crippen LogP contribution in [-0.4, -0.2) is 66.4 Å². The zero-order valence-electron chi connectivity index (χ0n) is 19.3. The number of methoxy groups -OCH3 is 1. The lowest BCUT2D eigenvalue weighted by Crippen LogP contribution is -2.44. The van der Waals surface area contributed by atoms with Crippen LogP contribution in [0.1, 0.15) is 30.5 Å². The first-order valence-corrected chi connectivity index (χ1v) is 11.3. The van der Waals surface area contributed by atoms with Gasteiger partial charge in [-0.2, -0.15) is 0 Å². The van der Waals surface area contributed by atoms with Gasteiger partial charge in [-0.15, -0.1) is 12.4 Å². The van der Waals surface area contributed by atoms with Crippen LogP contribution in [0.15, 0.2) is 48.7 Å². The molecule has 2 aliphatic heterocycles. The maximum atomic E-state index is 12.8. The largest absolute Gasteiger partial charge is 0.497 e. The Kier molecular flexibility index (Phi) is 8.32. The fourth-order valence-electron chi connectivity index (χ4n) is 5.02. The molecule has 2 amide bonds. The molecule has 1 aromatic heterocycles. The van der Waals surface area contributed by atoms with E-state index in [4.69, 9.17) is 4.74 Å². The van der Waals surface area contributed by atoms with Gasteiger partial charge in [-0.05, 0) is 61.6 Å². The fourth-order valence-corrected chi connectivity index (χ4v) is 5.02. The molecule has 1 unspecified atom stereocenters. The molecule has 7 nitrogen and oxygen atoms in total. The monoisotopic (exact) mass is 472 g/mol. The first-order chi connectivity index (χ1) is 15.5. The number of halogens is 1. The molecule has 178 valence electrons. The quantitative estimate of drug-likeness (QED) is 0.699. The smallest absolute Gasteiger partial charge is 0.237 e. The first kappa shape index (κ1) is 25.0. The second kappa shape index (κ2) is 11.0. The molecule has 2 fully saturated rings. The molecule has 3 heterocycles. The molecule has 8 heteroatoms. The lowest BCUT2D eigenvalue weighted by atomic mass is 9.76. The fraction of sp³-hybridized carbons (Fsp3) is 0.480. The van der Waals surface area contributed by atoms with Crippen molar-refractivity contribution in [1.29, 1.82) is 0 Å². The Morgan fingerprint density at radius 3 is 2.67 bits per heavy atom. The highest BCUT2D eigenvalue weighted by Crippen LogP contribution is 2.43. The molecule has 2 aliphatic rings. The van der Waals surface area contributed by atoms with Gasteiger partial charge in [-0.3, -0.25) is 19.5 Å². The maximum absolute atomic E-state index is 12.8. The van der Waals surface area contributed by atoms with Crippen LogP contribution in [-0.2, 0) is 22.6 Å². The van der Waals surface area contributed by atoms with E-state index in [-0.39, 0.29) is 35.7 Å². The van der Waals surface area contributed by atoms with Crippen molar-refractivity contribution in [2.75, 3.05) is 33.8 Å². The standard InChI is InChI=1S/C25H32N4O3.ClH/c1-28-18-25(16-22(28)24(31)27-17-20-7-3-4-11-26-20)9-12-29(13-10-25)23(30)15-19-6-5-8-21(14-19)32-2;/h3-8,11,14,22H,9-10,12-13,15-18H2,1-2H3,(H,27,31);1H. The van der Waals surface area contributed by atoms with Crippen LogP contribution in [0.2, 0.25) is 0 Å². The molecule has 2 saturated heterocycles. The number of rotatable bonds is 6. The van der Waals surface area contributed by atoms with Crippen LogP contribution in [0.4, 0.5) is 0 Å². The van der Waals surface area contributed by atoms with Crippen LogP contribution >= 0.6 is 12.4 Å². The molecule has 0 aliphatic carbocycles. The molecular weight excluding hydrogens is 440 g/mol. The molecule has 33 heavy (non-hydrogen) atoms. The molecule has 1 N–H and O–H groups in total. The summed E-state index contributed by atoms with van der Waals surface area (Å²) in [6.45, 7) is 2.84. The molecule has 1 spiro atoms. The number of piperidine rings is 1. The predicted octanol–water partition coefficient (Wildman–Crippen LogP) is 2.68. The van der Waals surface area contributed by atoms with E-state index in [1.54, 1.807) is 13.3 Å². The Morgan fingerprint density at radius 2 is 1.97 bits per heavy atom. The van der Waals surface area contributed by atoms with Gasteiger partial charge in [0.1, 0.15) is 5.75 Å². The number of nitrogens with zero attached hydrogens (tertiary/aromatic N) is 3. The van der Waals surface area contributed by atoms with E-state index in [9.17, 15) is 9.59 Å². The van der Waals surface area contributed by atoms with E-state index in [2.05, 4.69) is 15.2 Å². The van der Waals surface area contributed by atoms with Crippen LogP contribution in [0, 0.1) is 5.41 Å². The summed E-state index contributed by atoms with van der Waals surface area (Å²) in [6.07, 6.45) is 4.84. The summed E-state index contributed by atoms with van der Waals surface area (Å²) in [4.78, 5) is 34.1. The van der Waals surface area contributed by atoms with Crippen LogP contribution in [0.3, 0.4) is 0 Å². The van der Waals surface area contributed by atoms with Crippen molar-refractivity contribution in [1.82, 2.24) is 20.1 Å². The Balaban J connectivity index is 0.00000306. The van der Waals surface area contributed by atoms with Crippen molar-refractivity contribution in [3.63, 3.8) is 0 Å². The average molecular weight is 473 g/mol. The molecule has 0 saturated carbocycles. The average Bonchev–Trinajstić information content (AvgIpc) is 3.14. The van der Waals surface area contributed by atoms with Crippen molar-refractivity contribution in [3.8, 4) is 5.75 Å². The van der Waals surface area contributed by atoms with Gasteiger partial charge in [-0.25, -0.2) is 0 Å². The SMILES string of the molecule is COc1cccc(CC(=O)N2CCC3(CC2)CC(C(=O)NCc2ccccn2)N(C)C3)c1.Cl. The third kappa shape index (κ3) is 6.03. The highest BCUT2D eigenvalue weighted by atomic mass is 35.5. The number of ether oxygens (including phenoxy) is 1. The Morgan fingerprint density at radius 1 is 1.18 bits per heavy atom. The molecule has 1 aromatic carbocycles. The molecular formula is C25H33ClN4O3. The van der Waals surface area contributed by atoms with Crippen molar-refractivity contribution in [2.24, 2.45) is 5.41 Å². The zero-order valence-corrected chi connectivity index (χ0v) is 20.1. The second-order valence-corrected chi connectivity index (χ2v) is 9.08. The van der Waals surface area contributed by atoms with Gasteiger partial charge in [0.15, 0.2) is 0 Å². The van der Waals surface area contributed by atoms with Crippen LogP contribution in [0.5, 0.6) is 5.75 Å². The van der Waals surface area contributed by atoms with E-state index in [1.165, 1.54) is 0 Å². The number of benzene rings is 1. The Bertz CT molecular complexity index is 948. The Labute approximate surface area is 201 Å². The van der Waals surface area contributed by atoms with Gasteiger partial charge >= 0.3 is 0 Å². The highest BCUT2D eigenvalue weighted by Gasteiger charge is 2.46. The number of carbonyl (C=O) groups is 2. The van der Waals surface area contributed by atoms with Gasteiger partial charge < -0.3 is 15.0 Å². The zero-order chi connectivity index (χ0) is 22.6. The van der Waals surface area contributed by atoms with Crippen molar-refractivity contribution >= 4 is 24.2 Å². The predicted molar refractivity (Wildman–Crippen MR) is 129 cm³/mol. The topological polar surface area (TPSA) is 74.8 Å². The summed E-state index contributed by atoms with van der Waals surface area (Å²) in [6, 6.07) is 13.3. The summed E-state index contributed by atoms with van der Waals surface area (Å²) in [7, 11) is 3.66. The highest BCUT2D eigenvalue weighted by molar-refractivity contribution is 5.85. The van der Waals surface area contributed by atoms with Crippen LogP contribution in [0.25, 0.3) is 0 Å². The number of carbonyl (C=O) groups excluding carboxylic acids is 2. The van der Waals surface area contributed by atoms with E-state index >= 15 is 0 Å². The number of likely N-dealkylation sites (tertiary alicyclic amines) is 2. The minimum absolute atomic E-state index is 0. The lowest BCUT2D eigenvalue weighted by molar-refractivity contribution is -0.133. The van der Waals surface area contributed by atoms with Crippen molar-refractivity contribution < 1.29 is 14.3 Å². The maximum Gasteiger partial charge on any atom is 0.237 e. The van der Waals surface area contributed by atoms with E-state index in [0.29, 0.717) is 13.0 Å². The summed E-state index contributed by atoms with van der Waals surface area (Å²) < 4.78 is 5.26. The van der Waals surface area contributed by atoms with Gasteiger partial charge in [0.05, 0.1) is 31.8 Å². The minimum Gasteiger partial charge on any atom is -0.497 e. The first-order valence-electron chi connectivity index (χ1n) is 11.3. The Hall–Kier alpha value is -2.64. The molecule has 0 radical (unpaired) electrons. The van der Waals surface area contributed by atoms with Gasteiger partial charge in [0.25, 0.3) is 0 Å². The number of pyridine rings is 1. The third-order valence-electron chi connectivity index (χ3n) is 6.88. The molecule has 2 aromatic rings. The molecule has 4 rings (SSSR count). The normalized spacial score (nSPS) is 19.7. The number of nitrogens with one attached hydrogen (secondary N) is 1. The summed E-state index contributed by atoms with van der Waals surface area (Å²) in [5, 5.41) is 3.04. The summed E-state index contributed by atoms with van der Waals surface area (Å²) >= 11 is 0. The van der Waals surface area contributed by atoms with Crippen LogP contribution < -0.4 is 10.1 Å². The van der Waals surface area contributed by atoms with Crippen molar-refractivity contribution in [3.05, 3.63) is 59.9 Å². The van der Waals surface area contributed by atoms with Gasteiger partial charge in [-0.1, -0.05) is 18.2 Å². The van der Waals surface area contributed by atoms with E-state index < -0.39 is 0 Å². The summed E-state index contributed by atoms with van der Waals surface area (Å²) in [5.41, 5.74) is 1.94. The number of hydrogen-bond acceptors (Lipinski definition) is 5. The molecule has 0 bridgehead atoms. The van der Waals surface area contributed by atoms with Gasteiger partial charge in [0.2, 0.25) is 11.8 Å². The third-order valence-corrected chi connectivity index (χ3v) is 6.88. The number of amides is 2. The number of hydrogen-bond donors (Lipinski definition) is 1. The van der Waals surface area contributed by atoms with Crippen molar-refractivity contribution in [2.45, 2.75) is 38.3 Å². The molecule has 1 atom stereocenters.